The predicted molar refractivity (Wildman–Crippen MR) is 64.2 cm³/mol. The molecule has 0 fully saturated rings. The van der Waals surface area contributed by atoms with Crippen molar-refractivity contribution in [2.45, 2.75) is 13.5 Å². The van der Waals surface area contributed by atoms with Gasteiger partial charge in [-0.15, -0.1) is 11.3 Å². The molecule has 0 aliphatic rings. The minimum atomic E-state index is -0.609. The highest BCUT2D eigenvalue weighted by atomic mass is 32.1. The molecule has 1 aromatic carbocycles. The van der Waals surface area contributed by atoms with E-state index in [1.165, 1.54) is 11.3 Å². The number of hydrogen-bond donors (Lipinski definition) is 0. The van der Waals surface area contributed by atoms with Crippen LogP contribution in [0, 0.1) is 22.9 Å². The molecule has 1 aromatic heterocycles. The lowest BCUT2D eigenvalue weighted by Crippen LogP contribution is -1.99. The number of halogens is 1. The molecule has 0 spiro atoms. The molecule has 0 aliphatic heterocycles. The lowest BCUT2D eigenvalue weighted by Gasteiger charge is -2.04. The second-order valence-electron chi connectivity index (χ2n) is 3.54. The number of rotatable bonds is 4. The van der Waals surface area contributed by atoms with E-state index in [1.807, 2.05) is 12.3 Å². The molecule has 0 saturated heterocycles. The molecule has 2 rings (SSSR count). The van der Waals surface area contributed by atoms with Gasteiger partial charge in [0.1, 0.15) is 17.4 Å². The molecule has 7 heteroatoms. The lowest BCUT2D eigenvalue weighted by atomic mass is 10.3. The van der Waals surface area contributed by atoms with Crippen LogP contribution in [-0.2, 0) is 6.61 Å². The lowest BCUT2D eigenvalue weighted by molar-refractivity contribution is -0.386. The highest BCUT2D eigenvalue weighted by molar-refractivity contribution is 7.09. The fourth-order valence-corrected chi connectivity index (χ4v) is 2.05. The molecule has 0 atom stereocenters. The van der Waals surface area contributed by atoms with Crippen molar-refractivity contribution in [3.63, 3.8) is 0 Å². The summed E-state index contributed by atoms with van der Waals surface area (Å²) in [6.45, 7) is 1.92. The van der Waals surface area contributed by atoms with E-state index < -0.39 is 10.7 Å². The second-order valence-corrected chi connectivity index (χ2v) is 4.48. The Bertz CT molecular complexity index is 585. The third kappa shape index (κ3) is 2.80. The average Bonchev–Trinajstić information content (AvgIpc) is 2.72. The first-order valence-corrected chi connectivity index (χ1v) is 5.92. The Morgan fingerprint density at radius 2 is 2.33 bits per heavy atom. The SMILES string of the molecule is Cc1csc(COc2cc(F)ccc2[N+](=O)[O-])n1. The summed E-state index contributed by atoms with van der Waals surface area (Å²) in [5.74, 6) is -0.668. The van der Waals surface area contributed by atoms with Gasteiger partial charge in [-0.2, -0.15) is 0 Å². The van der Waals surface area contributed by atoms with Gasteiger partial charge in [-0.05, 0) is 13.0 Å². The minimum absolute atomic E-state index is 0.0861. The van der Waals surface area contributed by atoms with E-state index in [2.05, 4.69) is 4.98 Å². The number of aromatic nitrogens is 1. The Morgan fingerprint density at radius 1 is 1.56 bits per heavy atom. The van der Waals surface area contributed by atoms with Gasteiger partial charge in [0.05, 0.1) is 4.92 Å². The number of ether oxygens (including phenoxy) is 1. The van der Waals surface area contributed by atoms with Crippen molar-refractivity contribution in [2.24, 2.45) is 0 Å². The maximum Gasteiger partial charge on any atom is 0.311 e. The molecule has 18 heavy (non-hydrogen) atoms. The van der Waals surface area contributed by atoms with Crippen LogP contribution in [0.2, 0.25) is 0 Å². The average molecular weight is 268 g/mol. The molecule has 0 radical (unpaired) electrons. The highest BCUT2D eigenvalue weighted by Crippen LogP contribution is 2.28. The molecule has 0 saturated carbocycles. The molecule has 5 nitrogen and oxygen atoms in total. The summed E-state index contributed by atoms with van der Waals surface area (Å²) in [4.78, 5) is 14.3. The number of hydrogen-bond acceptors (Lipinski definition) is 5. The summed E-state index contributed by atoms with van der Waals surface area (Å²) < 4.78 is 18.3. The Morgan fingerprint density at radius 3 is 2.94 bits per heavy atom. The molecule has 2 aromatic rings. The zero-order chi connectivity index (χ0) is 13.1. The molecular formula is C11H9FN2O3S. The number of nitrogens with zero attached hydrogens (tertiary/aromatic N) is 2. The number of thiazole rings is 1. The zero-order valence-electron chi connectivity index (χ0n) is 9.42. The number of benzene rings is 1. The molecule has 0 N–H and O–H groups in total. The minimum Gasteiger partial charge on any atom is -0.479 e. The maximum absolute atomic E-state index is 13.0. The fourth-order valence-electron chi connectivity index (χ4n) is 1.36. The van der Waals surface area contributed by atoms with Gasteiger partial charge < -0.3 is 4.74 Å². The van der Waals surface area contributed by atoms with E-state index in [0.717, 1.165) is 23.9 Å². The fraction of sp³-hybridized carbons (Fsp3) is 0.182. The summed E-state index contributed by atoms with van der Waals surface area (Å²) >= 11 is 1.39. The van der Waals surface area contributed by atoms with Crippen LogP contribution >= 0.6 is 11.3 Å². The van der Waals surface area contributed by atoms with E-state index in [9.17, 15) is 14.5 Å². The van der Waals surface area contributed by atoms with Crippen molar-refractivity contribution in [1.82, 2.24) is 4.98 Å². The number of aryl methyl sites for hydroxylation is 1. The van der Waals surface area contributed by atoms with Gasteiger partial charge in [0.2, 0.25) is 0 Å². The topological polar surface area (TPSA) is 65.3 Å². The van der Waals surface area contributed by atoms with E-state index in [1.54, 1.807) is 0 Å². The van der Waals surface area contributed by atoms with Crippen molar-refractivity contribution in [3.8, 4) is 5.75 Å². The summed E-state index contributed by atoms with van der Waals surface area (Å²) in [5.41, 5.74) is 0.594. The maximum atomic E-state index is 13.0. The van der Waals surface area contributed by atoms with E-state index in [0.29, 0.717) is 5.01 Å². The third-order valence-electron chi connectivity index (χ3n) is 2.14. The van der Waals surface area contributed by atoms with Crippen LogP contribution in [0.3, 0.4) is 0 Å². The van der Waals surface area contributed by atoms with Gasteiger partial charge in [0.15, 0.2) is 5.75 Å². The van der Waals surface area contributed by atoms with Crippen LogP contribution in [-0.4, -0.2) is 9.91 Å². The van der Waals surface area contributed by atoms with Gasteiger partial charge >= 0.3 is 5.69 Å². The summed E-state index contributed by atoms with van der Waals surface area (Å²) in [6.07, 6.45) is 0. The molecule has 1 heterocycles. The molecular weight excluding hydrogens is 259 g/mol. The Kier molecular flexibility index (Phi) is 3.52. The van der Waals surface area contributed by atoms with E-state index in [4.69, 9.17) is 4.74 Å². The predicted octanol–water partition coefficient (Wildman–Crippen LogP) is 3.08. The number of nitro benzene ring substituents is 1. The largest absolute Gasteiger partial charge is 0.479 e. The van der Waals surface area contributed by atoms with Crippen molar-refractivity contribution in [2.75, 3.05) is 0 Å². The van der Waals surface area contributed by atoms with Gasteiger partial charge in [-0.25, -0.2) is 9.37 Å². The van der Waals surface area contributed by atoms with Crippen LogP contribution in [0.25, 0.3) is 0 Å². The summed E-state index contributed by atoms with van der Waals surface area (Å²) in [6, 6.07) is 3.11. The Labute approximate surface area is 106 Å². The standard InChI is InChI=1S/C11H9FN2O3S/c1-7-6-18-11(13-7)5-17-10-4-8(12)2-3-9(10)14(15)16/h2-4,6H,5H2,1H3. The normalized spacial score (nSPS) is 10.3. The number of nitro groups is 1. The first kappa shape index (κ1) is 12.4. The summed E-state index contributed by atoms with van der Waals surface area (Å²) in [7, 11) is 0. The second kappa shape index (κ2) is 5.09. The Balaban J connectivity index is 2.17. The Hall–Kier alpha value is -2.02. The van der Waals surface area contributed by atoms with Crippen molar-refractivity contribution in [3.05, 3.63) is 50.2 Å². The zero-order valence-corrected chi connectivity index (χ0v) is 10.2. The molecule has 0 amide bonds. The third-order valence-corrected chi connectivity index (χ3v) is 3.08. The first-order valence-electron chi connectivity index (χ1n) is 5.04. The van der Waals surface area contributed by atoms with Crippen molar-refractivity contribution >= 4 is 17.0 Å². The molecule has 0 bridgehead atoms. The monoisotopic (exact) mass is 268 g/mol. The molecule has 0 unspecified atom stereocenters. The van der Waals surface area contributed by atoms with Crippen LogP contribution < -0.4 is 4.74 Å². The van der Waals surface area contributed by atoms with Crippen LogP contribution in [0.4, 0.5) is 10.1 Å². The van der Waals surface area contributed by atoms with Gasteiger partial charge in [0, 0.05) is 23.2 Å². The first-order chi connectivity index (χ1) is 8.56. The molecule has 0 aliphatic carbocycles. The van der Waals surface area contributed by atoms with Crippen LogP contribution in [0.5, 0.6) is 5.75 Å². The van der Waals surface area contributed by atoms with Gasteiger partial charge in [-0.3, -0.25) is 10.1 Å². The molecule has 94 valence electrons. The highest BCUT2D eigenvalue weighted by Gasteiger charge is 2.16. The van der Waals surface area contributed by atoms with Crippen LogP contribution in [0.15, 0.2) is 23.6 Å². The van der Waals surface area contributed by atoms with Gasteiger partial charge in [0.25, 0.3) is 0 Å². The van der Waals surface area contributed by atoms with Crippen molar-refractivity contribution in [1.29, 1.82) is 0 Å². The van der Waals surface area contributed by atoms with Gasteiger partial charge in [-0.1, -0.05) is 0 Å². The smallest absolute Gasteiger partial charge is 0.311 e. The van der Waals surface area contributed by atoms with E-state index in [-0.39, 0.29) is 18.0 Å². The van der Waals surface area contributed by atoms with Crippen molar-refractivity contribution < 1.29 is 14.1 Å². The van der Waals surface area contributed by atoms with Crippen LogP contribution in [0.1, 0.15) is 10.7 Å². The van der Waals surface area contributed by atoms with E-state index >= 15 is 0 Å². The quantitative estimate of drug-likeness (QED) is 0.631. The summed E-state index contributed by atoms with van der Waals surface area (Å²) in [5, 5.41) is 13.3.